The maximum absolute atomic E-state index is 11.2. The molecule has 0 N–H and O–H groups in total. The molecular formula is C11H21NO. The van der Waals surface area contributed by atoms with Crippen LogP contribution < -0.4 is 0 Å². The summed E-state index contributed by atoms with van der Waals surface area (Å²) in [4.78, 5) is 13.1. The highest BCUT2D eigenvalue weighted by Crippen LogP contribution is 2.03. The first-order valence-corrected chi connectivity index (χ1v) is 4.94. The van der Waals surface area contributed by atoms with Gasteiger partial charge in [-0.05, 0) is 33.4 Å². The van der Waals surface area contributed by atoms with Crippen LogP contribution in [-0.4, -0.2) is 31.3 Å². The van der Waals surface area contributed by atoms with Gasteiger partial charge in [-0.15, -0.1) is 6.58 Å². The number of nitrogens with zero attached hydrogens (tertiary/aromatic N) is 1. The summed E-state index contributed by atoms with van der Waals surface area (Å²) < 4.78 is 0. The maximum atomic E-state index is 11.2. The minimum absolute atomic E-state index is 0.351. The number of hydrogen-bond donors (Lipinski definition) is 0. The molecule has 0 radical (unpaired) electrons. The minimum Gasteiger partial charge on any atom is -0.302 e. The molecule has 0 saturated heterocycles. The molecule has 0 atom stereocenters. The summed E-state index contributed by atoms with van der Waals surface area (Å²) in [5.74, 6) is 0.351. The molecule has 0 unspecified atom stereocenters. The predicted octanol–water partition coefficient (Wildman–Crippen LogP) is 2.25. The van der Waals surface area contributed by atoms with Crippen LogP contribution in [0.2, 0.25) is 0 Å². The van der Waals surface area contributed by atoms with Crippen LogP contribution in [0.1, 0.15) is 32.1 Å². The first-order valence-electron chi connectivity index (χ1n) is 4.94. The van der Waals surface area contributed by atoms with Gasteiger partial charge in [0.1, 0.15) is 5.78 Å². The quantitative estimate of drug-likeness (QED) is 0.425. The molecule has 2 nitrogen and oxygen atoms in total. The van der Waals surface area contributed by atoms with Crippen LogP contribution >= 0.6 is 0 Å². The van der Waals surface area contributed by atoms with Gasteiger partial charge in [0.25, 0.3) is 0 Å². The molecule has 0 amide bonds. The lowest BCUT2D eigenvalue weighted by Gasteiger charge is -2.07. The fourth-order valence-electron chi connectivity index (χ4n) is 1.22. The van der Waals surface area contributed by atoms with E-state index in [0.717, 1.165) is 25.7 Å². The van der Waals surface area contributed by atoms with E-state index in [4.69, 9.17) is 0 Å². The van der Waals surface area contributed by atoms with Crippen molar-refractivity contribution in [1.29, 1.82) is 0 Å². The summed E-state index contributed by atoms with van der Waals surface area (Å²) in [6.07, 6.45) is 7.07. The Kier molecular flexibility index (Phi) is 7.60. The van der Waals surface area contributed by atoms with Crippen LogP contribution in [0.3, 0.4) is 0 Å². The van der Waals surface area contributed by atoms with E-state index in [-0.39, 0.29) is 0 Å². The van der Waals surface area contributed by atoms with E-state index in [0.29, 0.717) is 12.3 Å². The van der Waals surface area contributed by atoms with Crippen molar-refractivity contribution < 1.29 is 4.79 Å². The van der Waals surface area contributed by atoms with Crippen LogP contribution in [0, 0.1) is 0 Å². The van der Waals surface area contributed by atoms with Gasteiger partial charge in [-0.3, -0.25) is 4.79 Å². The van der Waals surface area contributed by atoms with Crippen LogP contribution in [0.5, 0.6) is 0 Å². The summed E-state index contributed by atoms with van der Waals surface area (Å²) in [6, 6.07) is 0. The molecule has 0 saturated carbocycles. The Bertz CT molecular complexity index is 152. The lowest BCUT2D eigenvalue weighted by Crippen LogP contribution is -2.21. The van der Waals surface area contributed by atoms with E-state index in [2.05, 4.69) is 6.58 Å². The van der Waals surface area contributed by atoms with Crippen molar-refractivity contribution in [2.24, 2.45) is 0 Å². The highest BCUT2D eigenvalue weighted by molar-refractivity contribution is 5.80. The number of Topliss-reactive ketones (excluding diaryl/α,β-unsaturated/α-hetero) is 1. The fraction of sp³-hybridized carbons (Fsp3) is 0.727. The molecule has 0 aliphatic heterocycles. The number of likely N-dealkylation sites (N-methyl/N-ethyl adjacent to an activating group) is 1. The predicted molar refractivity (Wildman–Crippen MR) is 56.8 cm³/mol. The molecule has 13 heavy (non-hydrogen) atoms. The van der Waals surface area contributed by atoms with Crippen molar-refractivity contribution >= 4 is 5.78 Å². The van der Waals surface area contributed by atoms with Crippen molar-refractivity contribution in [2.75, 3.05) is 20.6 Å². The largest absolute Gasteiger partial charge is 0.302 e. The molecular weight excluding hydrogens is 162 g/mol. The van der Waals surface area contributed by atoms with Crippen LogP contribution in [0.4, 0.5) is 0 Å². The van der Waals surface area contributed by atoms with E-state index in [1.807, 2.05) is 25.1 Å². The standard InChI is InChI=1S/C11H21NO/c1-4-5-6-7-8-9-11(13)10-12(2)3/h4H,1,5-10H2,2-3H3. The number of unbranched alkanes of at least 4 members (excludes halogenated alkanes) is 3. The molecule has 0 rings (SSSR count). The zero-order chi connectivity index (χ0) is 10.1. The van der Waals surface area contributed by atoms with Crippen molar-refractivity contribution in [2.45, 2.75) is 32.1 Å². The average molecular weight is 183 g/mol. The molecule has 0 aliphatic carbocycles. The normalized spacial score (nSPS) is 10.4. The third-order valence-corrected chi connectivity index (χ3v) is 1.86. The van der Waals surface area contributed by atoms with E-state index in [1.165, 1.54) is 6.42 Å². The number of rotatable bonds is 8. The minimum atomic E-state index is 0.351. The highest BCUT2D eigenvalue weighted by Gasteiger charge is 2.01. The van der Waals surface area contributed by atoms with Gasteiger partial charge >= 0.3 is 0 Å². The third kappa shape index (κ3) is 9.28. The topological polar surface area (TPSA) is 20.3 Å². The van der Waals surface area contributed by atoms with Gasteiger partial charge in [-0.2, -0.15) is 0 Å². The van der Waals surface area contributed by atoms with Crippen LogP contribution in [0.15, 0.2) is 12.7 Å². The molecule has 0 aromatic rings. The first-order chi connectivity index (χ1) is 6.16. The van der Waals surface area contributed by atoms with E-state index >= 15 is 0 Å². The number of hydrogen-bond acceptors (Lipinski definition) is 2. The fourth-order valence-corrected chi connectivity index (χ4v) is 1.22. The van der Waals surface area contributed by atoms with Gasteiger partial charge in [0.2, 0.25) is 0 Å². The van der Waals surface area contributed by atoms with Crippen molar-refractivity contribution in [3.05, 3.63) is 12.7 Å². The van der Waals surface area contributed by atoms with Gasteiger partial charge < -0.3 is 4.90 Å². The summed E-state index contributed by atoms with van der Waals surface area (Å²) in [7, 11) is 3.85. The van der Waals surface area contributed by atoms with E-state index in [1.54, 1.807) is 0 Å². The lowest BCUT2D eigenvalue weighted by molar-refractivity contribution is -0.119. The Morgan fingerprint density at radius 1 is 1.31 bits per heavy atom. The Morgan fingerprint density at radius 2 is 2.00 bits per heavy atom. The van der Waals surface area contributed by atoms with Crippen LogP contribution in [0.25, 0.3) is 0 Å². The van der Waals surface area contributed by atoms with Gasteiger partial charge in [-0.1, -0.05) is 12.5 Å². The number of carbonyl (C=O) groups excluding carboxylic acids is 1. The van der Waals surface area contributed by atoms with Crippen molar-refractivity contribution in [1.82, 2.24) is 4.90 Å². The second-order valence-corrected chi connectivity index (χ2v) is 3.66. The molecule has 0 bridgehead atoms. The van der Waals surface area contributed by atoms with Gasteiger partial charge in [0.15, 0.2) is 0 Å². The van der Waals surface area contributed by atoms with Crippen molar-refractivity contribution in [3.8, 4) is 0 Å². The number of carbonyl (C=O) groups is 1. The second kappa shape index (κ2) is 7.99. The molecule has 0 aliphatic rings. The first kappa shape index (κ1) is 12.4. The molecule has 0 aromatic heterocycles. The summed E-state index contributed by atoms with van der Waals surface area (Å²) in [5.41, 5.74) is 0. The van der Waals surface area contributed by atoms with Crippen molar-refractivity contribution in [3.63, 3.8) is 0 Å². The van der Waals surface area contributed by atoms with E-state index < -0.39 is 0 Å². The zero-order valence-corrected chi connectivity index (χ0v) is 8.88. The Hall–Kier alpha value is -0.630. The van der Waals surface area contributed by atoms with E-state index in [9.17, 15) is 4.79 Å². The zero-order valence-electron chi connectivity index (χ0n) is 8.88. The molecule has 0 aromatic carbocycles. The van der Waals surface area contributed by atoms with Gasteiger partial charge in [0.05, 0.1) is 6.54 Å². The van der Waals surface area contributed by atoms with Gasteiger partial charge in [0, 0.05) is 6.42 Å². The smallest absolute Gasteiger partial charge is 0.146 e. The summed E-state index contributed by atoms with van der Waals surface area (Å²) in [5, 5.41) is 0. The monoisotopic (exact) mass is 183 g/mol. The molecule has 0 fully saturated rings. The van der Waals surface area contributed by atoms with Gasteiger partial charge in [-0.25, -0.2) is 0 Å². The number of allylic oxidation sites excluding steroid dienone is 1. The SMILES string of the molecule is C=CCCCCCC(=O)CN(C)C. The Labute approximate surface area is 81.6 Å². The lowest BCUT2D eigenvalue weighted by atomic mass is 10.1. The molecule has 0 heterocycles. The maximum Gasteiger partial charge on any atom is 0.146 e. The number of ketones is 1. The second-order valence-electron chi connectivity index (χ2n) is 3.66. The Morgan fingerprint density at radius 3 is 2.54 bits per heavy atom. The highest BCUT2D eigenvalue weighted by atomic mass is 16.1. The summed E-state index contributed by atoms with van der Waals surface area (Å²) >= 11 is 0. The molecule has 2 heteroatoms. The average Bonchev–Trinajstić information content (AvgIpc) is 2.02. The van der Waals surface area contributed by atoms with Crippen LogP contribution in [-0.2, 0) is 4.79 Å². The third-order valence-electron chi connectivity index (χ3n) is 1.86. The molecule has 0 spiro atoms. The Balaban J connectivity index is 3.22. The summed E-state index contributed by atoms with van der Waals surface area (Å²) in [6.45, 7) is 4.24. The molecule has 76 valence electrons.